The van der Waals surface area contributed by atoms with Crippen molar-refractivity contribution in [2.45, 2.75) is 84.6 Å². The zero-order valence-corrected chi connectivity index (χ0v) is 14.0. The van der Waals surface area contributed by atoms with Gasteiger partial charge in [0, 0.05) is 24.1 Å². The molecular formula is C18H29NO2. The smallest absolute Gasteiger partial charge is 0.109 e. The van der Waals surface area contributed by atoms with Gasteiger partial charge in [0.25, 0.3) is 0 Å². The number of ether oxygens (including phenoxy) is 1. The average molecular weight is 291 g/mol. The van der Waals surface area contributed by atoms with E-state index in [9.17, 15) is 0 Å². The molecule has 3 rings (SSSR count). The minimum absolute atomic E-state index is 0.303. The molecular weight excluding hydrogens is 262 g/mol. The highest BCUT2D eigenvalue weighted by molar-refractivity contribution is 5.29. The van der Waals surface area contributed by atoms with E-state index in [0.717, 1.165) is 25.0 Å². The molecule has 118 valence electrons. The lowest BCUT2D eigenvalue weighted by atomic mass is 9.74. The number of nitrogens with one attached hydrogen (secondary N) is 1. The van der Waals surface area contributed by atoms with Crippen LogP contribution in [0.1, 0.15) is 70.1 Å². The Hall–Kier alpha value is -0.800. The second-order valence-corrected chi connectivity index (χ2v) is 7.93. The van der Waals surface area contributed by atoms with Gasteiger partial charge in [-0.15, -0.1) is 0 Å². The molecule has 1 fully saturated rings. The van der Waals surface area contributed by atoms with E-state index in [1.54, 1.807) is 0 Å². The first-order valence-electron chi connectivity index (χ1n) is 8.33. The van der Waals surface area contributed by atoms with Crippen LogP contribution in [-0.4, -0.2) is 18.2 Å². The van der Waals surface area contributed by atoms with Crippen molar-refractivity contribution in [2.75, 3.05) is 0 Å². The molecule has 1 aromatic heterocycles. The monoisotopic (exact) mass is 291 g/mol. The Labute approximate surface area is 128 Å². The van der Waals surface area contributed by atoms with Gasteiger partial charge in [-0.2, -0.15) is 0 Å². The third-order valence-corrected chi connectivity index (χ3v) is 4.87. The highest BCUT2D eigenvalue weighted by Gasteiger charge is 2.36. The fourth-order valence-electron chi connectivity index (χ4n) is 4.16. The van der Waals surface area contributed by atoms with Crippen LogP contribution in [0, 0.1) is 12.3 Å². The van der Waals surface area contributed by atoms with E-state index in [-0.39, 0.29) is 0 Å². The predicted octanol–water partition coefficient (Wildman–Crippen LogP) is 4.15. The maximum Gasteiger partial charge on any atom is 0.109 e. The van der Waals surface area contributed by atoms with Gasteiger partial charge in [0.05, 0.1) is 12.2 Å². The highest BCUT2D eigenvalue weighted by atomic mass is 16.5. The molecule has 0 bridgehead atoms. The molecule has 0 aromatic carbocycles. The van der Waals surface area contributed by atoms with Gasteiger partial charge in [-0.3, -0.25) is 0 Å². The molecule has 1 aromatic rings. The van der Waals surface area contributed by atoms with Crippen molar-refractivity contribution in [3.05, 3.63) is 23.2 Å². The highest BCUT2D eigenvalue weighted by Crippen LogP contribution is 2.42. The number of hydrogen-bond donors (Lipinski definition) is 1. The van der Waals surface area contributed by atoms with Crippen LogP contribution < -0.4 is 5.32 Å². The Morgan fingerprint density at radius 2 is 1.86 bits per heavy atom. The molecule has 0 spiro atoms. The van der Waals surface area contributed by atoms with E-state index in [4.69, 9.17) is 9.15 Å². The molecule has 0 radical (unpaired) electrons. The van der Waals surface area contributed by atoms with Gasteiger partial charge in [-0.1, -0.05) is 13.8 Å². The van der Waals surface area contributed by atoms with Crippen LogP contribution >= 0.6 is 0 Å². The van der Waals surface area contributed by atoms with Crippen LogP contribution in [0.2, 0.25) is 0 Å². The third-order valence-electron chi connectivity index (χ3n) is 4.87. The fourth-order valence-corrected chi connectivity index (χ4v) is 4.16. The van der Waals surface area contributed by atoms with E-state index in [1.165, 1.54) is 17.7 Å². The van der Waals surface area contributed by atoms with E-state index in [1.807, 2.05) is 0 Å². The SMILES string of the molecule is Cc1cc2c(o1)CC(C)(C)CC2NC1CC(C)OC(C)C1. The number of fused-ring (bicyclic) bond motifs is 1. The van der Waals surface area contributed by atoms with Crippen molar-refractivity contribution < 1.29 is 9.15 Å². The normalized spacial score (nSPS) is 35.5. The van der Waals surface area contributed by atoms with E-state index < -0.39 is 0 Å². The van der Waals surface area contributed by atoms with Crippen LogP contribution in [0.15, 0.2) is 10.5 Å². The summed E-state index contributed by atoms with van der Waals surface area (Å²) in [5.74, 6) is 2.23. The molecule has 3 unspecified atom stereocenters. The summed E-state index contributed by atoms with van der Waals surface area (Å²) in [6, 6.07) is 3.20. The molecule has 0 amide bonds. The molecule has 1 N–H and O–H groups in total. The maximum absolute atomic E-state index is 5.94. The van der Waals surface area contributed by atoms with Gasteiger partial charge in [-0.05, 0) is 51.5 Å². The van der Waals surface area contributed by atoms with Gasteiger partial charge in [0.2, 0.25) is 0 Å². The molecule has 0 saturated carbocycles. The summed E-state index contributed by atoms with van der Waals surface area (Å²) in [6.45, 7) is 11.1. The molecule has 3 atom stereocenters. The van der Waals surface area contributed by atoms with Crippen molar-refractivity contribution in [3.8, 4) is 0 Å². The third kappa shape index (κ3) is 3.35. The molecule has 3 nitrogen and oxygen atoms in total. The summed E-state index contributed by atoms with van der Waals surface area (Å²) in [6.07, 6.45) is 5.15. The summed E-state index contributed by atoms with van der Waals surface area (Å²) in [7, 11) is 0. The molecule has 1 saturated heterocycles. The van der Waals surface area contributed by atoms with Crippen LogP contribution in [-0.2, 0) is 11.2 Å². The first-order valence-corrected chi connectivity index (χ1v) is 8.33. The average Bonchev–Trinajstić information content (AvgIpc) is 2.66. The van der Waals surface area contributed by atoms with Gasteiger partial charge in [0.15, 0.2) is 0 Å². The zero-order valence-electron chi connectivity index (χ0n) is 14.0. The summed E-state index contributed by atoms with van der Waals surface area (Å²) < 4.78 is 11.8. The Morgan fingerprint density at radius 1 is 1.19 bits per heavy atom. The zero-order chi connectivity index (χ0) is 15.2. The molecule has 2 aliphatic rings. The number of rotatable bonds is 2. The molecule has 21 heavy (non-hydrogen) atoms. The lowest BCUT2D eigenvalue weighted by Gasteiger charge is -2.39. The Balaban J connectivity index is 1.78. The number of hydrogen-bond acceptors (Lipinski definition) is 3. The van der Waals surface area contributed by atoms with Crippen LogP contribution in [0.25, 0.3) is 0 Å². The van der Waals surface area contributed by atoms with Gasteiger partial charge in [-0.25, -0.2) is 0 Å². The Kier molecular flexibility index (Phi) is 3.91. The minimum Gasteiger partial charge on any atom is -0.466 e. The summed E-state index contributed by atoms with van der Waals surface area (Å²) in [4.78, 5) is 0. The van der Waals surface area contributed by atoms with Crippen LogP contribution in [0.4, 0.5) is 0 Å². The quantitative estimate of drug-likeness (QED) is 0.889. The first kappa shape index (κ1) is 15.1. The van der Waals surface area contributed by atoms with Crippen molar-refractivity contribution in [2.24, 2.45) is 5.41 Å². The van der Waals surface area contributed by atoms with Crippen molar-refractivity contribution in [1.82, 2.24) is 5.32 Å². The van der Waals surface area contributed by atoms with Gasteiger partial charge in [0.1, 0.15) is 11.5 Å². The summed E-state index contributed by atoms with van der Waals surface area (Å²) in [5.41, 5.74) is 1.69. The number of furan rings is 1. The van der Waals surface area contributed by atoms with Crippen molar-refractivity contribution in [3.63, 3.8) is 0 Å². The number of aryl methyl sites for hydroxylation is 1. The second kappa shape index (κ2) is 5.44. The molecule has 3 heteroatoms. The predicted molar refractivity (Wildman–Crippen MR) is 84.5 cm³/mol. The van der Waals surface area contributed by atoms with Crippen LogP contribution in [0.3, 0.4) is 0 Å². The maximum atomic E-state index is 5.94. The standard InChI is InChI=1S/C18H29NO2/c1-11-6-14(7-12(2)20-11)19-16-9-18(4,5)10-17-15(16)8-13(3)21-17/h8,11-12,14,16,19H,6-7,9-10H2,1-5H3. The summed E-state index contributed by atoms with van der Waals surface area (Å²) >= 11 is 0. The molecule has 2 heterocycles. The van der Waals surface area contributed by atoms with Crippen molar-refractivity contribution in [1.29, 1.82) is 0 Å². The van der Waals surface area contributed by atoms with E-state index >= 15 is 0 Å². The molecule has 1 aliphatic heterocycles. The van der Waals surface area contributed by atoms with Gasteiger partial charge >= 0.3 is 0 Å². The second-order valence-electron chi connectivity index (χ2n) is 7.93. The Bertz CT molecular complexity index is 495. The lowest BCUT2D eigenvalue weighted by Crippen LogP contribution is -2.44. The largest absolute Gasteiger partial charge is 0.466 e. The van der Waals surface area contributed by atoms with Gasteiger partial charge < -0.3 is 14.5 Å². The summed E-state index contributed by atoms with van der Waals surface area (Å²) in [5, 5.41) is 3.90. The first-order chi connectivity index (χ1) is 9.82. The fraction of sp³-hybridized carbons (Fsp3) is 0.778. The lowest BCUT2D eigenvalue weighted by molar-refractivity contribution is -0.0445. The van der Waals surface area contributed by atoms with Crippen molar-refractivity contribution >= 4 is 0 Å². The Morgan fingerprint density at radius 3 is 2.52 bits per heavy atom. The van der Waals surface area contributed by atoms with E-state index in [0.29, 0.717) is 29.7 Å². The topological polar surface area (TPSA) is 34.4 Å². The van der Waals surface area contributed by atoms with E-state index in [2.05, 4.69) is 46.0 Å². The van der Waals surface area contributed by atoms with Crippen LogP contribution in [0.5, 0.6) is 0 Å². The molecule has 1 aliphatic carbocycles. The minimum atomic E-state index is 0.303.